The van der Waals surface area contributed by atoms with E-state index in [0.717, 1.165) is 0 Å². The summed E-state index contributed by atoms with van der Waals surface area (Å²) in [6.45, 7) is 3.86. The number of nitrogens with two attached hydrogens (primary N) is 1. The lowest BCUT2D eigenvalue weighted by atomic mass is 10.1. The van der Waals surface area contributed by atoms with Crippen molar-refractivity contribution in [3.05, 3.63) is 77.1 Å². The van der Waals surface area contributed by atoms with Crippen LogP contribution in [-0.4, -0.2) is 46.6 Å². The van der Waals surface area contributed by atoms with Crippen LogP contribution in [0.5, 0.6) is 0 Å². The molecule has 0 bridgehead atoms. The van der Waals surface area contributed by atoms with Crippen LogP contribution < -0.4 is 16.4 Å². The molecular formula is C24H25N5O5. The zero-order valence-corrected chi connectivity index (χ0v) is 18.8. The minimum absolute atomic E-state index is 0.0175. The highest BCUT2D eigenvalue weighted by molar-refractivity contribution is 6.09. The largest absolute Gasteiger partial charge is 0.462 e. The minimum atomic E-state index is -0.521. The molecule has 0 fully saturated rings. The van der Waals surface area contributed by atoms with E-state index in [1.54, 1.807) is 67.1 Å². The molecule has 176 valence electrons. The summed E-state index contributed by atoms with van der Waals surface area (Å²) in [6, 6.07) is 13.2. The van der Waals surface area contributed by atoms with Crippen LogP contribution in [0.25, 0.3) is 5.69 Å². The molecule has 3 aromatic rings. The molecular weight excluding hydrogens is 438 g/mol. The number of hydrogen-bond acceptors (Lipinski definition) is 6. The van der Waals surface area contributed by atoms with Crippen molar-refractivity contribution in [3.8, 4) is 5.69 Å². The molecule has 0 unspecified atom stereocenters. The van der Waals surface area contributed by atoms with E-state index in [1.165, 1.54) is 6.20 Å². The van der Waals surface area contributed by atoms with Crippen molar-refractivity contribution < 1.29 is 23.9 Å². The molecule has 1 heterocycles. The molecule has 0 aliphatic carbocycles. The number of amides is 3. The second kappa shape index (κ2) is 10.9. The van der Waals surface area contributed by atoms with Gasteiger partial charge in [0.2, 0.25) is 5.91 Å². The Morgan fingerprint density at radius 3 is 2.38 bits per heavy atom. The number of rotatable bonds is 9. The highest BCUT2D eigenvalue weighted by Crippen LogP contribution is 2.19. The quantitative estimate of drug-likeness (QED) is 0.415. The number of carbonyl (C=O) groups excluding carboxylic acids is 4. The molecule has 0 saturated carbocycles. The molecule has 10 heteroatoms. The molecule has 34 heavy (non-hydrogen) atoms. The van der Waals surface area contributed by atoms with Gasteiger partial charge in [0.1, 0.15) is 5.56 Å². The van der Waals surface area contributed by atoms with E-state index < -0.39 is 23.7 Å². The van der Waals surface area contributed by atoms with Crippen LogP contribution in [-0.2, 0) is 9.53 Å². The molecule has 3 amide bonds. The highest BCUT2D eigenvalue weighted by atomic mass is 16.5. The zero-order valence-electron chi connectivity index (χ0n) is 18.8. The number of hydrogen-bond donors (Lipinski definition) is 3. The first kappa shape index (κ1) is 24.2. The van der Waals surface area contributed by atoms with Crippen LogP contribution in [0.2, 0.25) is 0 Å². The molecule has 0 radical (unpaired) electrons. The standard InChI is InChI=1S/C24H25N5O5/c1-3-34-24(33)19-14-27-29(15(19)2)17-10-8-16(9-11-17)22(31)28-20-7-5-4-6-18(20)23(32)26-13-12-21(25)30/h4-11,14H,3,12-13H2,1-2H3,(H2,25,30)(H,26,32)(H,28,31). The summed E-state index contributed by atoms with van der Waals surface area (Å²) in [4.78, 5) is 48.1. The number of anilines is 1. The molecule has 1 aromatic heterocycles. The van der Waals surface area contributed by atoms with Gasteiger partial charge in [-0.05, 0) is 50.2 Å². The number of esters is 1. The maximum absolute atomic E-state index is 12.8. The maximum atomic E-state index is 12.8. The van der Waals surface area contributed by atoms with E-state index >= 15 is 0 Å². The molecule has 0 saturated heterocycles. The number of carbonyl (C=O) groups is 4. The second-order valence-electron chi connectivity index (χ2n) is 7.29. The summed E-state index contributed by atoms with van der Waals surface area (Å²) in [7, 11) is 0. The first-order valence-corrected chi connectivity index (χ1v) is 10.6. The lowest BCUT2D eigenvalue weighted by Gasteiger charge is -2.12. The van der Waals surface area contributed by atoms with Gasteiger partial charge in [-0.25, -0.2) is 9.48 Å². The predicted octanol–water partition coefficient (Wildman–Crippen LogP) is 2.21. The van der Waals surface area contributed by atoms with Gasteiger partial charge in [0.15, 0.2) is 0 Å². The smallest absolute Gasteiger partial charge is 0.341 e. The lowest BCUT2D eigenvalue weighted by Crippen LogP contribution is -2.28. The van der Waals surface area contributed by atoms with Crippen LogP contribution in [0.15, 0.2) is 54.7 Å². The van der Waals surface area contributed by atoms with Gasteiger partial charge < -0.3 is 21.1 Å². The SMILES string of the molecule is CCOC(=O)c1cnn(-c2ccc(C(=O)Nc3ccccc3C(=O)NCCC(N)=O)cc2)c1C. The Morgan fingerprint density at radius 2 is 1.71 bits per heavy atom. The number of primary amides is 1. The van der Waals surface area contributed by atoms with Crippen LogP contribution in [0.1, 0.15) is 50.1 Å². The van der Waals surface area contributed by atoms with Crippen molar-refractivity contribution in [1.29, 1.82) is 0 Å². The fourth-order valence-electron chi connectivity index (χ4n) is 3.21. The van der Waals surface area contributed by atoms with Crippen molar-refractivity contribution in [2.45, 2.75) is 20.3 Å². The maximum Gasteiger partial charge on any atom is 0.341 e. The van der Waals surface area contributed by atoms with Crippen molar-refractivity contribution in [1.82, 2.24) is 15.1 Å². The van der Waals surface area contributed by atoms with Gasteiger partial charge in [0, 0.05) is 18.5 Å². The number of nitrogens with one attached hydrogen (secondary N) is 2. The predicted molar refractivity (Wildman–Crippen MR) is 125 cm³/mol. The first-order chi connectivity index (χ1) is 16.3. The minimum Gasteiger partial charge on any atom is -0.462 e. The Labute approximate surface area is 196 Å². The van der Waals surface area contributed by atoms with Gasteiger partial charge in [0.25, 0.3) is 11.8 Å². The summed E-state index contributed by atoms with van der Waals surface area (Å²) in [5.41, 5.74) is 7.69. The Morgan fingerprint density at radius 1 is 1.00 bits per heavy atom. The monoisotopic (exact) mass is 463 g/mol. The fraction of sp³-hybridized carbons (Fsp3) is 0.208. The van der Waals surface area contributed by atoms with E-state index in [1.807, 2.05) is 0 Å². The van der Waals surface area contributed by atoms with E-state index in [2.05, 4.69) is 15.7 Å². The van der Waals surface area contributed by atoms with Gasteiger partial charge in [0.05, 0.1) is 35.4 Å². The third-order valence-corrected chi connectivity index (χ3v) is 4.96. The van der Waals surface area contributed by atoms with Crippen molar-refractivity contribution >= 4 is 29.4 Å². The van der Waals surface area contributed by atoms with E-state index in [-0.39, 0.29) is 25.1 Å². The summed E-state index contributed by atoms with van der Waals surface area (Å²) in [5, 5.41) is 9.57. The van der Waals surface area contributed by atoms with E-state index in [0.29, 0.717) is 28.2 Å². The molecule has 0 spiro atoms. The van der Waals surface area contributed by atoms with Crippen LogP contribution in [0, 0.1) is 6.92 Å². The molecule has 0 aliphatic rings. The van der Waals surface area contributed by atoms with Gasteiger partial charge >= 0.3 is 5.97 Å². The Hall–Kier alpha value is -4.47. The third-order valence-electron chi connectivity index (χ3n) is 4.96. The summed E-state index contributed by atoms with van der Waals surface area (Å²) in [5.74, 6) is -1.81. The van der Waals surface area contributed by atoms with Crippen LogP contribution in [0.3, 0.4) is 0 Å². The molecule has 0 aliphatic heterocycles. The number of para-hydroxylation sites is 1. The summed E-state index contributed by atoms with van der Waals surface area (Å²) in [6.07, 6.45) is 1.46. The number of benzene rings is 2. The van der Waals surface area contributed by atoms with Crippen LogP contribution >= 0.6 is 0 Å². The van der Waals surface area contributed by atoms with Gasteiger partial charge in [-0.2, -0.15) is 5.10 Å². The molecule has 3 rings (SSSR count). The Bertz CT molecular complexity index is 1220. The Balaban J connectivity index is 1.73. The van der Waals surface area contributed by atoms with Gasteiger partial charge in [-0.15, -0.1) is 0 Å². The molecule has 10 nitrogen and oxygen atoms in total. The average Bonchev–Trinajstić information content (AvgIpc) is 3.20. The average molecular weight is 463 g/mol. The molecule has 2 aromatic carbocycles. The number of aromatic nitrogens is 2. The third kappa shape index (κ3) is 5.66. The summed E-state index contributed by atoms with van der Waals surface area (Å²) >= 11 is 0. The number of ether oxygens (including phenoxy) is 1. The van der Waals surface area contributed by atoms with Crippen molar-refractivity contribution in [3.63, 3.8) is 0 Å². The lowest BCUT2D eigenvalue weighted by molar-refractivity contribution is -0.117. The topological polar surface area (TPSA) is 145 Å². The fourth-order valence-corrected chi connectivity index (χ4v) is 3.21. The number of nitrogens with zero attached hydrogens (tertiary/aromatic N) is 2. The summed E-state index contributed by atoms with van der Waals surface area (Å²) < 4.78 is 6.61. The van der Waals surface area contributed by atoms with E-state index in [9.17, 15) is 19.2 Å². The van der Waals surface area contributed by atoms with Crippen molar-refractivity contribution in [2.24, 2.45) is 5.73 Å². The van der Waals surface area contributed by atoms with Gasteiger partial charge in [-0.1, -0.05) is 12.1 Å². The molecule has 4 N–H and O–H groups in total. The Kier molecular flexibility index (Phi) is 7.75. The second-order valence-corrected chi connectivity index (χ2v) is 7.29. The normalized spacial score (nSPS) is 10.4. The van der Waals surface area contributed by atoms with Crippen LogP contribution in [0.4, 0.5) is 5.69 Å². The van der Waals surface area contributed by atoms with Crippen molar-refractivity contribution in [2.75, 3.05) is 18.5 Å². The first-order valence-electron chi connectivity index (χ1n) is 10.6. The zero-order chi connectivity index (χ0) is 24.7. The molecule has 0 atom stereocenters. The highest BCUT2D eigenvalue weighted by Gasteiger charge is 2.17. The van der Waals surface area contributed by atoms with Gasteiger partial charge in [-0.3, -0.25) is 14.4 Å². The van der Waals surface area contributed by atoms with E-state index in [4.69, 9.17) is 10.5 Å².